The van der Waals surface area contributed by atoms with Crippen molar-refractivity contribution in [2.24, 2.45) is 0 Å². The number of halogens is 6. The summed E-state index contributed by atoms with van der Waals surface area (Å²) in [7, 11) is 1.19. The van der Waals surface area contributed by atoms with Gasteiger partial charge in [-0.25, -0.2) is 0 Å². The van der Waals surface area contributed by atoms with Crippen molar-refractivity contribution in [3.05, 3.63) is 59.3 Å². The van der Waals surface area contributed by atoms with E-state index in [9.17, 15) is 36.2 Å². The highest BCUT2D eigenvalue weighted by molar-refractivity contribution is 5.74. The molecule has 3 aromatic rings. The van der Waals surface area contributed by atoms with Gasteiger partial charge in [0.25, 0.3) is 0 Å². The lowest BCUT2D eigenvalue weighted by Crippen LogP contribution is -2.17. The minimum Gasteiger partial charge on any atom is -0.496 e. The average molecular weight is 490 g/mol. The number of methoxy groups -OCH3 is 1. The first-order chi connectivity index (χ1) is 15.8. The average Bonchev–Trinajstić information content (AvgIpc) is 3.15. The molecule has 7 nitrogen and oxygen atoms in total. The summed E-state index contributed by atoms with van der Waals surface area (Å²) in [6.07, 6.45) is -10.6. The van der Waals surface area contributed by atoms with Crippen LogP contribution >= 0.6 is 0 Å². The van der Waals surface area contributed by atoms with Gasteiger partial charge < -0.3 is 19.0 Å². The van der Waals surface area contributed by atoms with Gasteiger partial charge in [0.15, 0.2) is 0 Å². The van der Waals surface area contributed by atoms with Crippen molar-refractivity contribution in [1.82, 2.24) is 10.2 Å². The van der Waals surface area contributed by atoms with E-state index in [1.807, 2.05) is 0 Å². The summed E-state index contributed by atoms with van der Waals surface area (Å²) in [4.78, 5) is 11.4. The minimum absolute atomic E-state index is 0.0387. The maximum absolute atomic E-state index is 13.7. The highest BCUT2D eigenvalue weighted by atomic mass is 19.4. The first-order valence-electron chi connectivity index (χ1n) is 9.45. The maximum atomic E-state index is 13.7. The van der Waals surface area contributed by atoms with Crippen molar-refractivity contribution in [2.45, 2.75) is 31.8 Å². The zero-order valence-corrected chi connectivity index (χ0v) is 17.5. The van der Waals surface area contributed by atoms with Crippen molar-refractivity contribution in [1.29, 1.82) is 0 Å². The summed E-state index contributed by atoms with van der Waals surface area (Å²) in [5.41, 5.74) is -1.66. The van der Waals surface area contributed by atoms with Crippen LogP contribution in [0.5, 0.6) is 11.5 Å². The topological polar surface area (TPSA) is 94.7 Å². The van der Waals surface area contributed by atoms with Crippen molar-refractivity contribution in [2.75, 3.05) is 7.11 Å². The summed E-state index contributed by atoms with van der Waals surface area (Å²) >= 11 is 0. The molecule has 13 heteroatoms. The Morgan fingerprint density at radius 2 is 1.79 bits per heavy atom. The fraction of sp³-hybridized carbons (Fsp3) is 0.286. The molecule has 0 aliphatic heterocycles. The third-order valence-corrected chi connectivity index (χ3v) is 4.62. The van der Waals surface area contributed by atoms with Gasteiger partial charge in [-0.1, -0.05) is 6.07 Å². The molecule has 1 atom stereocenters. The number of carboxylic acids is 1. The van der Waals surface area contributed by atoms with Gasteiger partial charge in [-0.2, -0.15) is 13.2 Å². The lowest BCUT2D eigenvalue weighted by Gasteiger charge is -2.18. The Hall–Kier alpha value is -3.77. The maximum Gasteiger partial charge on any atom is 0.573 e. The van der Waals surface area contributed by atoms with Crippen LogP contribution in [0.1, 0.15) is 35.2 Å². The molecule has 0 fully saturated rings. The monoisotopic (exact) mass is 490 g/mol. The molecule has 1 N–H and O–H groups in total. The van der Waals surface area contributed by atoms with Crippen molar-refractivity contribution >= 4 is 5.97 Å². The number of ether oxygens (including phenoxy) is 2. The number of carbonyl (C=O) groups is 1. The SMILES string of the molecule is COc1ccc(OC(F)(F)F)cc1-c1cc(C(CC(=O)O)c2nnc(C)o2)cc(C(F)(F)F)c1. The van der Waals surface area contributed by atoms with Crippen molar-refractivity contribution in [3.63, 3.8) is 0 Å². The third-order valence-electron chi connectivity index (χ3n) is 4.62. The Kier molecular flexibility index (Phi) is 6.75. The molecule has 34 heavy (non-hydrogen) atoms. The molecule has 0 aliphatic carbocycles. The molecular weight excluding hydrogens is 474 g/mol. The molecule has 2 aromatic carbocycles. The molecule has 0 spiro atoms. The van der Waals surface area contributed by atoms with Gasteiger partial charge >= 0.3 is 18.5 Å². The number of aromatic nitrogens is 2. The molecule has 3 rings (SSSR count). The van der Waals surface area contributed by atoms with Gasteiger partial charge in [0.05, 0.1) is 25.0 Å². The first kappa shape index (κ1) is 24.9. The number of aliphatic carboxylic acids is 1. The second-order valence-electron chi connectivity index (χ2n) is 7.06. The van der Waals surface area contributed by atoms with E-state index in [-0.39, 0.29) is 34.2 Å². The van der Waals surface area contributed by atoms with E-state index < -0.39 is 42.2 Å². The molecule has 0 amide bonds. The number of aryl methyl sites for hydroxylation is 1. The number of hydrogen-bond donors (Lipinski definition) is 1. The summed E-state index contributed by atoms with van der Waals surface area (Å²) in [6.45, 7) is 1.42. The number of nitrogens with zero attached hydrogens (tertiary/aromatic N) is 2. The molecule has 0 saturated carbocycles. The van der Waals surface area contributed by atoms with Crippen LogP contribution in [0.4, 0.5) is 26.3 Å². The largest absolute Gasteiger partial charge is 0.573 e. The van der Waals surface area contributed by atoms with Crippen molar-refractivity contribution in [3.8, 4) is 22.6 Å². The fourth-order valence-corrected chi connectivity index (χ4v) is 3.26. The van der Waals surface area contributed by atoms with Crippen LogP contribution in [-0.4, -0.2) is 34.7 Å². The van der Waals surface area contributed by atoms with E-state index in [2.05, 4.69) is 14.9 Å². The van der Waals surface area contributed by atoms with Gasteiger partial charge in [0.2, 0.25) is 11.8 Å². The normalized spacial score (nSPS) is 12.9. The molecule has 0 saturated heterocycles. The number of carboxylic acid groups (broad SMARTS) is 1. The fourth-order valence-electron chi connectivity index (χ4n) is 3.26. The van der Waals surface area contributed by atoms with Gasteiger partial charge in [-0.15, -0.1) is 23.4 Å². The molecule has 0 radical (unpaired) electrons. The predicted octanol–water partition coefficient (Wildman–Crippen LogP) is 5.58. The quantitative estimate of drug-likeness (QED) is 0.432. The van der Waals surface area contributed by atoms with E-state index in [1.165, 1.54) is 20.1 Å². The lowest BCUT2D eigenvalue weighted by molar-refractivity contribution is -0.274. The van der Waals surface area contributed by atoms with Gasteiger partial charge in [0.1, 0.15) is 11.5 Å². The van der Waals surface area contributed by atoms with Crippen LogP contribution in [0.15, 0.2) is 40.8 Å². The van der Waals surface area contributed by atoms with E-state index in [0.717, 1.165) is 24.3 Å². The number of hydrogen-bond acceptors (Lipinski definition) is 6. The molecular formula is C21H16F6N2O5. The smallest absolute Gasteiger partial charge is 0.496 e. The van der Waals surface area contributed by atoms with Crippen LogP contribution < -0.4 is 9.47 Å². The van der Waals surface area contributed by atoms with Crippen LogP contribution in [0, 0.1) is 6.92 Å². The Labute approximate surface area is 187 Å². The zero-order valence-electron chi connectivity index (χ0n) is 17.5. The molecule has 1 unspecified atom stereocenters. The van der Waals surface area contributed by atoms with E-state index in [0.29, 0.717) is 6.07 Å². The molecule has 0 bridgehead atoms. The summed E-state index contributed by atoms with van der Waals surface area (Å²) in [6, 6.07) is 5.53. The summed E-state index contributed by atoms with van der Waals surface area (Å²) < 4.78 is 93.4. The van der Waals surface area contributed by atoms with Crippen LogP contribution in [-0.2, 0) is 11.0 Å². The van der Waals surface area contributed by atoms with E-state index in [1.54, 1.807) is 0 Å². The Balaban J connectivity index is 2.24. The van der Waals surface area contributed by atoms with Crippen LogP contribution in [0.25, 0.3) is 11.1 Å². The summed E-state index contributed by atoms with van der Waals surface area (Å²) in [5.74, 6) is -3.50. The number of alkyl halides is 6. The van der Waals surface area contributed by atoms with Crippen LogP contribution in [0.2, 0.25) is 0 Å². The van der Waals surface area contributed by atoms with Crippen LogP contribution in [0.3, 0.4) is 0 Å². The summed E-state index contributed by atoms with van der Waals surface area (Å²) in [5, 5.41) is 16.6. The van der Waals surface area contributed by atoms with E-state index in [4.69, 9.17) is 9.15 Å². The highest BCUT2D eigenvalue weighted by Crippen LogP contribution is 2.41. The first-order valence-corrected chi connectivity index (χ1v) is 9.45. The Morgan fingerprint density at radius 3 is 2.32 bits per heavy atom. The minimum atomic E-state index is -5.03. The number of benzene rings is 2. The lowest BCUT2D eigenvalue weighted by atomic mass is 9.90. The van der Waals surface area contributed by atoms with Gasteiger partial charge in [-0.3, -0.25) is 4.79 Å². The third kappa shape index (κ3) is 5.97. The highest BCUT2D eigenvalue weighted by Gasteiger charge is 2.34. The standard InChI is InChI=1S/C21H16F6N2O5/c1-10-28-29-19(33-10)16(9-18(30)31)12-5-11(6-13(7-12)20(22,23)24)15-8-14(34-21(25,26)27)3-4-17(15)32-2/h3-8,16H,9H2,1-2H3,(H,30,31). The molecule has 0 aliphatic rings. The second-order valence-corrected chi connectivity index (χ2v) is 7.06. The van der Waals surface area contributed by atoms with Gasteiger partial charge in [0, 0.05) is 12.5 Å². The Bertz CT molecular complexity index is 1190. The second kappa shape index (κ2) is 9.23. The van der Waals surface area contributed by atoms with E-state index >= 15 is 0 Å². The molecule has 1 heterocycles. The molecule has 182 valence electrons. The van der Waals surface area contributed by atoms with Gasteiger partial charge in [-0.05, 0) is 41.5 Å². The zero-order chi connectivity index (χ0) is 25.3. The Morgan fingerprint density at radius 1 is 1.09 bits per heavy atom. The number of rotatable bonds is 7. The molecule has 1 aromatic heterocycles. The predicted molar refractivity (Wildman–Crippen MR) is 103 cm³/mol. The van der Waals surface area contributed by atoms with Crippen molar-refractivity contribution < 1.29 is 50.1 Å².